The molecule has 1 rings (SSSR count). The highest BCUT2D eigenvalue weighted by Crippen LogP contribution is 2.21. The van der Waals surface area contributed by atoms with Gasteiger partial charge in [0.15, 0.2) is 0 Å². The Balaban J connectivity index is 2.98. The van der Waals surface area contributed by atoms with Gasteiger partial charge >= 0.3 is 0 Å². The zero-order valence-electron chi connectivity index (χ0n) is 7.22. The van der Waals surface area contributed by atoms with Crippen molar-refractivity contribution in [2.45, 2.75) is 24.4 Å². The molecule has 0 fully saturated rings. The van der Waals surface area contributed by atoms with Crippen LogP contribution in [-0.2, 0) is 0 Å². The fourth-order valence-electron chi connectivity index (χ4n) is 1.33. The van der Waals surface area contributed by atoms with Crippen molar-refractivity contribution in [3.8, 4) is 0 Å². The van der Waals surface area contributed by atoms with Crippen LogP contribution in [0.2, 0.25) is 0 Å². The molecule has 0 spiro atoms. The summed E-state index contributed by atoms with van der Waals surface area (Å²) in [6.45, 7) is -0.456. The predicted molar refractivity (Wildman–Crippen MR) is 46.1 cm³/mol. The third-order valence-corrected chi connectivity index (χ3v) is 2.16. The first-order valence-corrected chi connectivity index (χ1v) is 4.01. The van der Waals surface area contributed by atoms with E-state index < -0.39 is 31.0 Å². The van der Waals surface area contributed by atoms with Crippen molar-refractivity contribution in [2.24, 2.45) is 5.11 Å². The fraction of sp³-hybridized carbons (Fsp3) is 0.714. The third-order valence-electron chi connectivity index (χ3n) is 2.16. The van der Waals surface area contributed by atoms with Gasteiger partial charge in [0.25, 0.3) is 0 Å². The van der Waals surface area contributed by atoms with E-state index in [2.05, 4.69) is 10.0 Å². The summed E-state index contributed by atoms with van der Waals surface area (Å²) in [6.07, 6.45) is -2.86. The molecule has 0 aliphatic heterocycles. The van der Waals surface area contributed by atoms with Gasteiger partial charge in [0, 0.05) is 4.91 Å². The van der Waals surface area contributed by atoms with Crippen molar-refractivity contribution < 1.29 is 20.4 Å². The number of hydrogen-bond acceptors (Lipinski definition) is 5. The molecule has 0 bridgehead atoms. The molecule has 4 N–H and O–H groups in total. The van der Waals surface area contributed by atoms with Crippen LogP contribution >= 0.6 is 0 Å². The number of hydrogen-bond donors (Lipinski definition) is 4. The number of azide groups is 1. The summed E-state index contributed by atoms with van der Waals surface area (Å²) in [5.74, 6) is 0. The highest BCUT2D eigenvalue weighted by atomic mass is 16.4. The normalized spacial score (nSPS) is 37.3. The van der Waals surface area contributed by atoms with Gasteiger partial charge in [-0.15, -0.1) is 0 Å². The molecule has 0 aromatic heterocycles. The zero-order valence-corrected chi connectivity index (χ0v) is 7.22. The Morgan fingerprint density at radius 2 is 2.00 bits per heavy atom. The Bertz CT molecular complexity index is 287. The van der Waals surface area contributed by atoms with Gasteiger partial charge in [0.2, 0.25) is 0 Å². The molecule has 14 heavy (non-hydrogen) atoms. The van der Waals surface area contributed by atoms with E-state index >= 15 is 0 Å². The first-order valence-electron chi connectivity index (χ1n) is 4.01. The summed E-state index contributed by atoms with van der Waals surface area (Å²) in [5.41, 5.74) is 8.30. The maximum atomic E-state index is 9.35. The van der Waals surface area contributed by atoms with Crippen LogP contribution in [0.15, 0.2) is 16.8 Å². The molecule has 7 nitrogen and oxygen atoms in total. The Labute approximate surface area is 79.5 Å². The quantitative estimate of drug-likeness (QED) is 0.191. The van der Waals surface area contributed by atoms with Gasteiger partial charge in [0.1, 0.15) is 12.2 Å². The topological polar surface area (TPSA) is 130 Å². The number of nitrogens with zero attached hydrogens (tertiary/aromatic N) is 3. The molecule has 4 atom stereocenters. The third kappa shape index (κ3) is 1.87. The van der Waals surface area contributed by atoms with E-state index in [1.54, 1.807) is 0 Å². The summed E-state index contributed by atoms with van der Waals surface area (Å²) in [5, 5.41) is 40.0. The van der Waals surface area contributed by atoms with E-state index in [-0.39, 0.29) is 5.57 Å². The lowest BCUT2D eigenvalue weighted by Crippen LogP contribution is -2.48. The van der Waals surface area contributed by atoms with Crippen LogP contribution < -0.4 is 0 Å². The molecule has 0 radical (unpaired) electrons. The van der Waals surface area contributed by atoms with Gasteiger partial charge in [-0.2, -0.15) is 0 Å². The minimum Gasteiger partial charge on any atom is -0.392 e. The van der Waals surface area contributed by atoms with Crippen molar-refractivity contribution >= 4 is 0 Å². The molecule has 7 heteroatoms. The van der Waals surface area contributed by atoms with Crippen molar-refractivity contribution in [3.05, 3.63) is 22.1 Å². The molecule has 0 heterocycles. The van der Waals surface area contributed by atoms with Crippen LogP contribution in [0.5, 0.6) is 0 Å². The fourth-order valence-corrected chi connectivity index (χ4v) is 1.33. The SMILES string of the molecule is [N-]=[N+]=N[C@H]1C=C(CO)[C@@H](O)[C@H](O)[C@H]1O. The smallest absolute Gasteiger partial charge is 0.110 e. The van der Waals surface area contributed by atoms with E-state index in [9.17, 15) is 15.3 Å². The van der Waals surface area contributed by atoms with E-state index in [0.717, 1.165) is 0 Å². The predicted octanol–water partition coefficient (Wildman–Crippen LogP) is -1.32. The number of aliphatic hydroxyl groups excluding tert-OH is 4. The Morgan fingerprint density at radius 3 is 2.50 bits per heavy atom. The monoisotopic (exact) mass is 201 g/mol. The maximum absolute atomic E-state index is 9.35. The Morgan fingerprint density at radius 1 is 1.36 bits per heavy atom. The van der Waals surface area contributed by atoms with Crippen LogP contribution in [-0.4, -0.2) is 51.4 Å². The standard InChI is InChI=1S/C7H11N3O4/c8-10-9-4-1-3(2-11)5(12)7(14)6(4)13/h1,4-7,11-14H,2H2/t4-,5+,6-,7-/m0/s1. The van der Waals surface area contributed by atoms with Gasteiger partial charge in [0.05, 0.1) is 18.8 Å². The molecule has 0 aromatic carbocycles. The van der Waals surface area contributed by atoms with E-state index in [1.807, 2.05) is 0 Å². The molecular weight excluding hydrogens is 190 g/mol. The average Bonchev–Trinajstić information content (AvgIpc) is 2.19. The van der Waals surface area contributed by atoms with Gasteiger partial charge in [-0.25, -0.2) is 0 Å². The van der Waals surface area contributed by atoms with Crippen LogP contribution in [0, 0.1) is 0 Å². The summed E-state index contributed by atoms with van der Waals surface area (Å²) >= 11 is 0. The minimum absolute atomic E-state index is 0.139. The molecule has 1 aliphatic rings. The molecule has 0 saturated carbocycles. The second-order valence-electron chi connectivity index (χ2n) is 3.02. The van der Waals surface area contributed by atoms with Gasteiger partial charge in [-0.3, -0.25) is 0 Å². The van der Waals surface area contributed by atoms with Gasteiger partial charge in [-0.05, 0) is 11.1 Å². The first kappa shape index (κ1) is 11.0. The lowest BCUT2D eigenvalue weighted by atomic mass is 9.89. The molecule has 78 valence electrons. The maximum Gasteiger partial charge on any atom is 0.110 e. The Kier molecular flexibility index (Phi) is 3.45. The summed E-state index contributed by atoms with van der Waals surface area (Å²) in [6, 6.07) is -0.958. The highest BCUT2D eigenvalue weighted by molar-refractivity contribution is 5.21. The van der Waals surface area contributed by atoms with Crippen LogP contribution in [0.4, 0.5) is 0 Å². The van der Waals surface area contributed by atoms with Crippen molar-refractivity contribution in [3.63, 3.8) is 0 Å². The number of aliphatic hydroxyl groups is 4. The Hall–Kier alpha value is -1.11. The molecular formula is C7H11N3O4. The first-order chi connectivity index (χ1) is 6.61. The minimum atomic E-state index is -1.45. The van der Waals surface area contributed by atoms with Crippen molar-refractivity contribution in [2.75, 3.05) is 6.61 Å². The summed E-state index contributed by atoms with van der Waals surface area (Å²) in [4.78, 5) is 2.48. The highest BCUT2D eigenvalue weighted by Gasteiger charge is 2.36. The second kappa shape index (κ2) is 4.41. The van der Waals surface area contributed by atoms with Crippen molar-refractivity contribution in [1.82, 2.24) is 0 Å². The molecule has 0 saturated heterocycles. The van der Waals surface area contributed by atoms with Gasteiger partial charge in [-0.1, -0.05) is 11.2 Å². The summed E-state index contributed by atoms with van der Waals surface area (Å²) in [7, 11) is 0. The zero-order chi connectivity index (χ0) is 10.7. The van der Waals surface area contributed by atoms with Crippen molar-refractivity contribution in [1.29, 1.82) is 0 Å². The lowest BCUT2D eigenvalue weighted by Gasteiger charge is -2.31. The second-order valence-corrected chi connectivity index (χ2v) is 3.02. The van der Waals surface area contributed by atoms with Gasteiger partial charge < -0.3 is 20.4 Å². The largest absolute Gasteiger partial charge is 0.392 e. The van der Waals surface area contributed by atoms with Crippen LogP contribution in [0.1, 0.15) is 0 Å². The summed E-state index contributed by atoms with van der Waals surface area (Å²) < 4.78 is 0. The van der Waals surface area contributed by atoms with E-state index in [1.165, 1.54) is 6.08 Å². The van der Waals surface area contributed by atoms with E-state index in [4.69, 9.17) is 10.6 Å². The molecule has 1 aliphatic carbocycles. The molecule has 0 amide bonds. The van der Waals surface area contributed by atoms with Crippen LogP contribution in [0.25, 0.3) is 10.4 Å². The lowest BCUT2D eigenvalue weighted by molar-refractivity contribution is -0.0595. The number of rotatable bonds is 2. The molecule has 0 unspecified atom stereocenters. The average molecular weight is 201 g/mol. The molecule has 0 aromatic rings. The van der Waals surface area contributed by atoms with E-state index in [0.29, 0.717) is 0 Å². The van der Waals surface area contributed by atoms with Crippen LogP contribution in [0.3, 0.4) is 0 Å².